The van der Waals surface area contributed by atoms with Gasteiger partial charge >= 0.3 is 0 Å². The first-order valence-electron chi connectivity index (χ1n) is 6.89. The van der Waals surface area contributed by atoms with E-state index in [0.29, 0.717) is 23.9 Å². The number of carbonyl (C=O) groups is 1. The lowest BCUT2D eigenvalue weighted by molar-refractivity contribution is -0.121. The van der Waals surface area contributed by atoms with E-state index < -0.39 is 0 Å². The number of nitrogens with zero attached hydrogens (tertiary/aromatic N) is 1. The number of nitrogens with one attached hydrogen (secondary N) is 2. The minimum absolute atomic E-state index is 0.247. The Morgan fingerprint density at radius 3 is 3.00 bits per heavy atom. The predicted octanol–water partition coefficient (Wildman–Crippen LogP) is 0.339. The fraction of sp³-hybridized carbons (Fsp3) is 0.923. The Bertz CT molecular complexity index is 312. The van der Waals surface area contributed by atoms with Crippen LogP contribution in [0.3, 0.4) is 0 Å². The first kappa shape index (κ1) is 11.5. The van der Waals surface area contributed by atoms with E-state index in [9.17, 15) is 4.79 Å². The van der Waals surface area contributed by atoms with Gasteiger partial charge < -0.3 is 10.6 Å². The van der Waals surface area contributed by atoms with Crippen molar-refractivity contribution in [3.05, 3.63) is 0 Å². The largest absolute Gasteiger partial charge is 0.354 e. The van der Waals surface area contributed by atoms with Gasteiger partial charge in [-0.1, -0.05) is 6.92 Å². The highest BCUT2D eigenvalue weighted by Crippen LogP contribution is 2.34. The van der Waals surface area contributed by atoms with Crippen molar-refractivity contribution in [1.82, 2.24) is 15.5 Å². The van der Waals surface area contributed by atoms with Crippen molar-refractivity contribution < 1.29 is 4.79 Å². The Morgan fingerprint density at radius 1 is 1.41 bits per heavy atom. The molecule has 0 saturated carbocycles. The molecule has 1 amide bonds. The summed E-state index contributed by atoms with van der Waals surface area (Å²) in [6.45, 7) is 6.68. The summed E-state index contributed by atoms with van der Waals surface area (Å²) in [5.74, 6) is 0.247. The molecule has 0 aromatic rings. The van der Waals surface area contributed by atoms with Crippen molar-refractivity contribution in [2.45, 2.75) is 44.7 Å². The van der Waals surface area contributed by atoms with Gasteiger partial charge in [0.1, 0.15) is 0 Å². The summed E-state index contributed by atoms with van der Waals surface area (Å²) in [4.78, 5) is 14.2. The van der Waals surface area contributed by atoms with Gasteiger partial charge in [-0.05, 0) is 31.2 Å². The minimum Gasteiger partial charge on any atom is -0.354 e. The van der Waals surface area contributed by atoms with Crippen LogP contribution >= 0.6 is 0 Å². The summed E-state index contributed by atoms with van der Waals surface area (Å²) in [5.41, 5.74) is 0.411. The molecule has 0 spiro atoms. The second kappa shape index (κ2) is 4.25. The molecule has 3 fully saturated rings. The lowest BCUT2D eigenvalue weighted by Crippen LogP contribution is -2.45. The molecule has 0 aliphatic carbocycles. The molecular formula is C13H23N3O. The molecule has 0 aromatic carbocycles. The third-order valence-electron chi connectivity index (χ3n) is 4.75. The van der Waals surface area contributed by atoms with Crippen LogP contribution < -0.4 is 10.6 Å². The van der Waals surface area contributed by atoms with Gasteiger partial charge in [-0.15, -0.1) is 0 Å². The van der Waals surface area contributed by atoms with Crippen LogP contribution in [0, 0.1) is 5.41 Å². The molecule has 3 heterocycles. The summed E-state index contributed by atoms with van der Waals surface area (Å²) in [7, 11) is 0. The number of rotatable bonds is 2. The van der Waals surface area contributed by atoms with Crippen LogP contribution in [0.5, 0.6) is 0 Å². The summed E-state index contributed by atoms with van der Waals surface area (Å²) in [6.07, 6.45) is 4.44. The smallest absolute Gasteiger partial charge is 0.221 e. The van der Waals surface area contributed by atoms with E-state index in [-0.39, 0.29) is 5.91 Å². The van der Waals surface area contributed by atoms with E-state index >= 15 is 0 Å². The third-order valence-corrected chi connectivity index (χ3v) is 4.75. The van der Waals surface area contributed by atoms with Crippen LogP contribution in [0.2, 0.25) is 0 Å². The Kier molecular flexibility index (Phi) is 2.87. The number of hydrogen-bond acceptors (Lipinski definition) is 3. The van der Waals surface area contributed by atoms with E-state index in [1.165, 1.54) is 19.3 Å². The van der Waals surface area contributed by atoms with E-state index in [0.717, 1.165) is 26.2 Å². The monoisotopic (exact) mass is 237 g/mol. The zero-order chi connectivity index (χ0) is 11.9. The van der Waals surface area contributed by atoms with Gasteiger partial charge in [0.05, 0.1) is 0 Å². The minimum atomic E-state index is 0.247. The SMILES string of the molecule is CC1(CN2C3CCC2CC(=O)NC3)CCNC1. The standard InChI is InChI=1S/C13H23N3O/c1-13(4-5-14-8-13)9-16-10-2-3-11(16)7-15-12(17)6-10/h10-11,14H,2-9H2,1H3,(H,15,17). The maximum Gasteiger partial charge on any atom is 0.221 e. The van der Waals surface area contributed by atoms with Gasteiger partial charge in [-0.25, -0.2) is 0 Å². The van der Waals surface area contributed by atoms with Crippen LogP contribution in [-0.4, -0.2) is 49.1 Å². The Labute approximate surface area is 103 Å². The zero-order valence-electron chi connectivity index (χ0n) is 10.7. The molecule has 3 atom stereocenters. The first-order valence-corrected chi connectivity index (χ1v) is 6.89. The normalized spacial score (nSPS) is 42.5. The number of carbonyl (C=O) groups excluding carboxylic acids is 1. The lowest BCUT2D eigenvalue weighted by Gasteiger charge is -2.35. The van der Waals surface area contributed by atoms with Gasteiger partial charge in [-0.2, -0.15) is 0 Å². The van der Waals surface area contributed by atoms with Gasteiger partial charge in [0.15, 0.2) is 0 Å². The quantitative estimate of drug-likeness (QED) is 0.728. The zero-order valence-corrected chi connectivity index (χ0v) is 10.7. The molecule has 4 heteroatoms. The Morgan fingerprint density at radius 2 is 2.24 bits per heavy atom. The highest BCUT2D eigenvalue weighted by Gasteiger charge is 2.41. The lowest BCUT2D eigenvalue weighted by atomic mass is 9.88. The highest BCUT2D eigenvalue weighted by atomic mass is 16.1. The summed E-state index contributed by atoms with van der Waals surface area (Å²) in [6, 6.07) is 1.09. The molecule has 96 valence electrons. The molecule has 3 aliphatic rings. The van der Waals surface area contributed by atoms with Crippen molar-refractivity contribution >= 4 is 5.91 Å². The van der Waals surface area contributed by atoms with Crippen molar-refractivity contribution in [2.75, 3.05) is 26.2 Å². The summed E-state index contributed by atoms with van der Waals surface area (Å²) in [5, 5.41) is 6.51. The van der Waals surface area contributed by atoms with Gasteiger partial charge in [0.2, 0.25) is 5.91 Å². The molecule has 17 heavy (non-hydrogen) atoms. The van der Waals surface area contributed by atoms with Crippen molar-refractivity contribution in [3.8, 4) is 0 Å². The van der Waals surface area contributed by atoms with E-state index in [2.05, 4.69) is 22.5 Å². The highest BCUT2D eigenvalue weighted by molar-refractivity contribution is 5.77. The maximum absolute atomic E-state index is 11.6. The fourth-order valence-corrected chi connectivity index (χ4v) is 3.67. The number of fused-ring (bicyclic) bond motifs is 2. The van der Waals surface area contributed by atoms with E-state index in [4.69, 9.17) is 0 Å². The molecule has 0 aromatic heterocycles. The van der Waals surface area contributed by atoms with Crippen LogP contribution in [-0.2, 0) is 4.79 Å². The summed E-state index contributed by atoms with van der Waals surface area (Å²) >= 11 is 0. The maximum atomic E-state index is 11.6. The van der Waals surface area contributed by atoms with Gasteiger partial charge in [0.25, 0.3) is 0 Å². The van der Waals surface area contributed by atoms with Crippen molar-refractivity contribution in [1.29, 1.82) is 0 Å². The summed E-state index contributed by atoms with van der Waals surface area (Å²) < 4.78 is 0. The van der Waals surface area contributed by atoms with Crippen LogP contribution in [0.25, 0.3) is 0 Å². The molecule has 4 nitrogen and oxygen atoms in total. The second-order valence-electron chi connectivity index (χ2n) is 6.30. The van der Waals surface area contributed by atoms with Gasteiger partial charge in [0, 0.05) is 38.1 Å². The van der Waals surface area contributed by atoms with Crippen LogP contribution in [0.15, 0.2) is 0 Å². The average molecular weight is 237 g/mol. The van der Waals surface area contributed by atoms with Crippen molar-refractivity contribution in [2.24, 2.45) is 5.41 Å². The molecule has 2 bridgehead atoms. The molecule has 0 radical (unpaired) electrons. The third kappa shape index (κ3) is 2.20. The molecule has 3 rings (SSSR count). The fourth-order valence-electron chi connectivity index (χ4n) is 3.67. The molecule has 3 aliphatic heterocycles. The van der Waals surface area contributed by atoms with Crippen molar-refractivity contribution in [3.63, 3.8) is 0 Å². The topological polar surface area (TPSA) is 44.4 Å². The van der Waals surface area contributed by atoms with E-state index in [1.54, 1.807) is 0 Å². The molecule has 2 N–H and O–H groups in total. The van der Waals surface area contributed by atoms with Gasteiger partial charge in [-0.3, -0.25) is 9.69 Å². The van der Waals surface area contributed by atoms with E-state index in [1.807, 2.05) is 0 Å². The predicted molar refractivity (Wildman–Crippen MR) is 66.7 cm³/mol. The van der Waals surface area contributed by atoms with Crippen LogP contribution in [0.1, 0.15) is 32.6 Å². The average Bonchev–Trinajstić information content (AvgIpc) is 2.80. The first-order chi connectivity index (χ1) is 8.16. The Hall–Kier alpha value is -0.610. The number of amides is 1. The second-order valence-corrected chi connectivity index (χ2v) is 6.30. The van der Waals surface area contributed by atoms with Crippen LogP contribution in [0.4, 0.5) is 0 Å². The number of hydrogen-bond donors (Lipinski definition) is 2. The molecule has 3 saturated heterocycles. The Balaban J connectivity index is 1.71. The molecule has 3 unspecified atom stereocenters. The molecular weight excluding hydrogens is 214 g/mol.